The van der Waals surface area contributed by atoms with Crippen LogP contribution >= 0.6 is 0 Å². The lowest BCUT2D eigenvalue weighted by molar-refractivity contribution is -0.123. The number of hydrogen-bond donors (Lipinski definition) is 2. The number of benzene rings is 2. The Kier molecular flexibility index (Phi) is 9.86. The maximum absolute atomic E-state index is 13.4. The second kappa shape index (κ2) is 13.3. The summed E-state index contributed by atoms with van der Waals surface area (Å²) in [6.07, 6.45) is 2.88. The number of nitrogens with zero attached hydrogens (tertiary/aromatic N) is 3. The summed E-state index contributed by atoms with van der Waals surface area (Å²) in [7, 11) is 1.89. The van der Waals surface area contributed by atoms with Crippen LogP contribution in [0.25, 0.3) is 0 Å². The number of hydrogen-bond acceptors (Lipinski definition) is 5. The lowest BCUT2D eigenvalue weighted by Gasteiger charge is -2.38. The molecule has 2 aliphatic rings. The highest BCUT2D eigenvalue weighted by atomic mass is 16.5. The summed E-state index contributed by atoms with van der Waals surface area (Å²) in [6.45, 7) is 10.2. The number of aryl methyl sites for hydroxylation is 1. The van der Waals surface area contributed by atoms with E-state index in [9.17, 15) is 14.7 Å². The second-order valence-electron chi connectivity index (χ2n) is 11.1. The predicted molar refractivity (Wildman–Crippen MR) is 155 cm³/mol. The van der Waals surface area contributed by atoms with Crippen LogP contribution in [0.2, 0.25) is 0 Å². The van der Waals surface area contributed by atoms with Crippen LogP contribution in [0.3, 0.4) is 0 Å². The molecule has 1 saturated heterocycles. The first kappa shape index (κ1) is 28.9. The van der Waals surface area contributed by atoms with Gasteiger partial charge < -0.3 is 25.0 Å². The molecule has 1 atom stereocenters. The molecule has 2 N–H and O–H groups in total. The van der Waals surface area contributed by atoms with Gasteiger partial charge in [-0.2, -0.15) is 0 Å². The summed E-state index contributed by atoms with van der Waals surface area (Å²) in [4.78, 5) is 30.4. The summed E-state index contributed by atoms with van der Waals surface area (Å²) in [6, 6.07) is 15.0. The fraction of sp³-hybridized carbons (Fsp3) is 0.548. The van der Waals surface area contributed by atoms with Gasteiger partial charge in [0.1, 0.15) is 0 Å². The molecule has 0 bridgehead atoms. The molecule has 2 amide bonds. The molecule has 0 unspecified atom stereocenters. The first-order chi connectivity index (χ1) is 18.7. The lowest BCUT2D eigenvalue weighted by atomic mass is 9.85. The Bertz CT molecular complexity index is 1130. The van der Waals surface area contributed by atoms with Crippen molar-refractivity contribution in [3.05, 3.63) is 59.2 Å². The Morgan fingerprint density at radius 3 is 2.54 bits per heavy atom. The number of amides is 2. The molecular formula is C31H44N4O4. The number of nitrogens with one attached hydrogen (secondary N) is 1. The summed E-state index contributed by atoms with van der Waals surface area (Å²) in [5.41, 5.74) is 5.58. The molecule has 1 saturated carbocycles. The first-order valence-corrected chi connectivity index (χ1v) is 14.3. The van der Waals surface area contributed by atoms with Gasteiger partial charge in [0.05, 0.1) is 6.61 Å². The van der Waals surface area contributed by atoms with Gasteiger partial charge in [0.15, 0.2) is 0 Å². The Balaban J connectivity index is 1.28. The van der Waals surface area contributed by atoms with Gasteiger partial charge >= 0.3 is 6.09 Å². The monoisotopic (exact) mass is 536 g/mol. The minimum absolute atomic E-state index is 0.0181. The molecule has 39 heavy (non-hydrogen) atoms. The van der Waals surface area contributed by atoms with E-state index in [0.29, 0.717) is 25.8 Å². The van der Waals surface area contributed by atoms with Crippen LogP contribution < -0.4 is 10.2 Å². The van der Waals surface area contributed by atoms with Gasteiger partial charge in [0, 0.05) is 69.2 Å². The molecule has 8 nitrogen and oxygen atoms in total. The van der Waals surface area contributed by atoms with Crippen LogP contribution in [-0.2, 0) is 22.7 Å². The number of anilines is 2. The number of rotatable bonds is 9. The highest BCUT2D eigenvalue weighted by molar-refractivity contribution is 5.94. The van der Waals surface area contributed by atoms with E-state index in [2.05, 4.69) is 53.5 Å². The van der Waals surface area contributed by atoms with Crippen LogP contribution in [0.15, 0.2) is 42.5 Å². The van der Waals surface area contributed by atoms with Crippen molar-refractivity contribution in [2.45, 2.75) is 71.7 Å². The van der Waals surface area contributed by atoms with Gasteiger partial charge in [-0.3, -0.25) is 9.69 Å². The molecule has 2 fully saturated rings. The van der Waals surface area contributed by atoms with E-state index in [1.54, 1.807) is 0 Å². The molecular weight excluding hydrogens is 492 g/mol. The molecule has 1 aliphatic heterocycles. The molecule has 2 aromatic rings. The van der Waals surface area contributed by atoms with Crippen molar-refractivity contribution in [1.29, 1.82) is 0 Å². The minimum atomic E-state index is -0.844. The number of carboxylic acid groups (broad SMARTS) is 1. The van der Waals surface area contributed by atoms with E-state index in [0.717, 1.165) is 62.3 Å². The van der Waals surface area contributed by atoms with Crippen molar-refractivity contribution in [2.75, 3.05) is 43.5 Å². The van der Waals surface area contributed by atoms with E-state index in [4.69, 9.17) is 4.74 Å². The van der Waals surface area contributed by atoms with Crippen molar-refractivity contribution in [3.8, 4) is 0 Å². The van der Waals surface area contributed by atoms with E-state index in [1.807, 2.05) is 31.9 Å². The molecule has 8 heteroatoms. The van der Waals surface area contributed by atoms with Crippen molar-refractivity contribution in [1.82, 2.24) is 9.80 Å². The van der Waals surface area contributed by atoms with E-state index < -0.39 is 6.09 Å². The van der Waals surface area contributed by atoms with Gasteiger partial charge in [0.2, 0.25) is 5.91 Å². The van der Waals surface area contributed by atoms with E-state index in [1.165, 1.54) is 16.0 Å². The number of carbonyl (C=O) groups excluding carboxylic acids is 1. The van der Waals surface area contributed by atoms with Gasteiger partial charge in [0.25, 0.3) is 0 Å². The first-order valence-electron chi connectivity index (χ1n) is 14.3. The quantitative estimate of drug-likeness (QED) is 0.450. The topological polar surface area (TPSA) is 85.4 Å². The zero-order valence-corrected chi connectivity index (χ0v) is 23.9. The summed E-state index contributed by atoms with van der Waals surface area (Å²) in [5, 5.41) is 13.0. The normalized spacial score (nSPS) is 21.9. The second-order valence-corrected chi connectivity index (χ2v) is 11.1. The fourth-order valence-corrected chi connectivity index (χ4v) is 5.86. The highest BCUT2D eigenvalue weighted by Crippen LogP contribution is 2.30. The minimum Gasteiger partial charge on any atom is -0.465 e. The maximum Gasteiger partial charge on any atom is 0.407 e. The lowest BCUT2D eigenvalue weighted by Crippen LogP contribution is -2.53. The van der Waals surface area contributed by atoms with Gasteiger partial charge in [-0.15, -0.1) is 0 Å². The van der Waals surface area contributed by atoms with Crippen molar-refractivity contribution in [3.63, 3.8) is 0 Å². The highest BCUT2D eigenvalue weighted by Gasteiger charge is 2.30. The SMILES string of the molecule is CCOCc1cccc(N[C@H]2CC[C@H](C(=O)N(C)c3ccc(CN4CCN(C(=O)O)[C@@H](C)C4)c(C)c3)CC2)c1. The average Bonchev–Trinajstić information content (AvgIpc) is 2.92. The maximum atomic E-state index is 13.4. The van der Waals surface area contributed by atoms with Gasteiger partial charge in [-0.05, 0) is 87.4 Å². The zero-order valence-electron chi connectivity index (χ0n) is 23.9. The van der Waals surface area contributed by atoms with Crippen molar-refractivity contribution < 1.29 is 19.4 Å². The third-order valence-electron chi connectivity index (χ3n) is 8.24. The molecule has 0 radical (unpaired) electrons. The van der Waals surface area contributed by atoms with Crippen LogP contribution in [-0.4, -0.2) is 72.3 Å². The van der Waals surface area contributed by atoms with Crippen LogP contribution in [0.4, 0.5) is 16.2 Å². The number of ether oxygens (including phenoxy) is 1. The Hall–Kier alpha value is -3.10. The summed E-state index contributed by atoms with van der Waals surface area (Å²) < 4.78 is 5.53. The fourth-order valence-electron chi connectivity index (χ4n) is 5.86. The summed E-state index contributed by atoms with van der Waals surface area (Å²) in [5.74, 6) is 0.238. The smallest absolute Gasteiger partial charge is 0.407 e. The van der Waals surface area contributed by atoms with E-state index in [-0.39, 0.29) is 17.9 Å². The van der Waals surface area contributed by atoms with Crippen LogP contribution in [0, 0.1) is 12.8 Å². The van der Waals surface area contributed by atoms with Crippen molar-refractivity contribution >= 4 is 23.4 Å². The van der Waals surface area contributed by atoms with Gasteiger partial charge in [-0.1, -0.05) is 18.2 Å². The molecule has 1 heterocycles. The molecule has 0 aromatic heterocycles. The summed E-state index contributed by atoms with van der Waals surface area (Å²) >= 11 is 0. The number of piperazine rings is 1. The third-order valence-corrected chi connectivity index (χ3v) is 8.24. The third kappa shape index (κ3) is 7.51. The predicted octanol–water partition coefficient (Wildman–Crippen LogP) is 5.35. The van der Waals surface area contributed by atoms with Crippen LogP contribution in [0.1, 0.15) is 56.2 Å². The average molecular weight is 537 g/mol. The molecule has 0 spiro atoms. The Morgan fingerprint density at radius 1 is 1.10 bits per heavy atom. The van der Waals surface area contributed by atoms with Gasteiger partial charge in [-0.25, -0.2) is 4.79 Å². The molecule has 4 rings (SSSR count). The van der Waals surface area contributed by atoms with Crippen molar-refractivity contribution in [2.24, 2.45) is 5.92 Å². The standard InChI is InChI=1S/C31H44N4O4/c1-5-39-21-24-7-6-8-28(18-24)32-27-12-9-25(10-13-27)30(36)33(4)29-14-11-26(22(2)17-29)20-34-15-16-35(31(37)38)23(3)19-34/h6-8,11,14,17-18,23,25,27,32H,5,9-10,12-13,15-16,19-21H2,1-4H3,(H,37,38)/t23-,25-,27-/m0/s1. The zero-order chi connectivity index (χ0) is 27.9. The Morgan fingerprint density at radius 2 is 1.87 bits per heavy atom. The molecule has 1 aliphatic carbocycles. The van der Waals surface area contributed by atoms with E-state index >= 15 is 0 Å². The molecule has 2 aromatic carbocycles. The Labute approximate surface area is 232 Å². The van der Waals surface area contributed by atoms with Crippen LogP contribution in [0.5, 0.6) is 0 Å². The largest absolute Gasteiger partial charge is 0.465 e. The number of carbonyl (C=O) groups is 2. The molecule has 212 valence electrons.